The van der Waals surface area contributed by atoms with Crippen LogP contribution in [0.3, 0.4) is 0 Å². The summed E-state index contributed by atoms with van der Waals surface area (Å²) in [5, 5.41) is 13.3. The molecule has 1 aromatic rings. The van der Waals surface area contributed by atoms with Crippen LogP contribution in [0.15, 0.2) is 12.4 Å². The molecule has 1 aliphatic carbocycles. The highest BCUT2D eigenvalue weighted by Gasteiger charge is 2.42. The van der Waals surface area contributed by atoms with Crippen molar-refractivity contribution in [3.8, 4) is 0 Å². The van der Waals surface area contributed by atoms with E-state index in [4.69, 9.17) is 5.11 Å². The van der Waals surface area contributed by atoms with Crippen LogP contribution >= 0.6 is 0 Å². The van der Waals surface area contributed by atoms with Crippen molar-refractivity contribution < 1.29 is 18.3 Å². The maximum atomic E-state index is 11.9. The molecule has 1 saturated carbocycles. The largest absolute Gasteiger partial charge is 0.389 e. The first kappa shape index (κ1) is 17.1. The molecule has 6 nitrogen and oxygen atoms in total. The Balaban J connectivity index is 2.08. The van der Waals surface area contributed by atoms with Crippen LogP contribution in [0.25, 0.3) is 0 Å². The van der Waals surface area contributed by atoms with Gasteiger partial charge in [-0.3, -0.25) is 9.48 Å². The van der Waals surface area contributed by atoms with Crippen molar-refractivity contribution in [3.05, 3.63) is 18.0 Å². The minimum absolute atomic E-state index is 0.108. The molecule has 1 N–H and O–H groups in total. The standard InChI is InChI=1S/C15H24N2O4S/c1-15(14(19)11-18,22(2,20)21)7-8-17-10-13(9-16-17)12-5-3-4-6-12/h9-10,12,18H,3-8,11H2,1-2H3/t15-/m1/s1. The molecule has 0 aliphatic heterocycles. The molecule has 0 amide bonds. The maximum absolute atomic E-state index is 11.9. The zero-order valence-corrected chi connectivity index (χ0v) is 14.0. The Morgan fingerprint density at radius 1 is 1.45 bits per heavy atom. The number of carbonyl (C=O) groups excluding carboxylic acids is 1. The van der Waals surface area contributed by atoms with Gasteiger partial charge < -0.3 is 5.11 Å². The average molecular weight is 328 g/mol. The molecule has 0 radical (unpaired) electrons. The van der Waals surface area contributed by atoms with Gasteiger partial charge in [-0.15, -0.1) is 0 Å². The number of aliphatic hydroxyl groups is 1. The van der Waals surface area contributed by atoms with Gasteiger partial charge in [-0.1, -0.05) is 12.8 Å². The molecule has 0 saturated heterocycles. The van der Waals surface area contributed by atoms with Gasteiger partial charge >= 0.3 is 0 Å². The number of ketones is 1. The average Bonchev–Trinajstić information content (AvgIpc) is 3.12. The van der Waals surface area contributed by atoms with E-state index in [1.807, 2.05) is 12.4 Å². The van der Waals surface area contributed by atoms with E-state index >= 15 is 0 Å². The Morgan fingerprint density at radius 3 is 2.64 bits per heavy atom. The first-order chi connectivity index (χ1) is 10.3. The zero-order chi connectivity index (χ0) is 16.4. The maximum Gasteiger partial charge on any atom is 0.179 e. The van der Waals surface area contributed by atoms with Crippen LogP contribution in [0.4, 0.5) is 0 Å². The minimum atomic E-state index is -3.61. The lowest BCUT2D eigenvalue weighted by Crippen LogP contribution is -2.45. The lowest BCUT2D eigenvalue weighted by Gasteiger charge is -2.25. The second-order valence-corrected chi connectivity index (χ2v) is 8.80. The fourth-order valence-electron chi connectivity index (χ4n) is 3.00. The molecule has 1 atom stereocenters. The van der Waals surface area contributed by atoms with Gasteiger partial charge in [0.2, 0.25) is 0 Å². The lowest BCUT2D eigenvalue weighted by atomic mass is 10.0. The molecule has 0 spiro atoms. The Bertz CT molecular complexity index is 632. The van der Waals surface area contributed by atoms with E-state index in [9.17, 15) is 13.2 Å². The number of carbonyl (C=O) groups is 1. The highest BCUT2D eigenvalue weighted by Crippen LogP contribution is 2.33. The van der Waals surface area contributed by atoms with Crippen molar-refractivity contribution in [2.45, 2.75) is 56.2 Å². The third-order valence-corrected chi connectivity index (χ3v) is 6.92. The second kappa shape index (κ2) is 6.50. The Labute approximate surface area is 131 Å². The molecule has 7 heteroatoms. The van der Waals surface area contributed by atoms with E-state index in [1.165, 1.54) is 38.2 Å². The Kier molecular flexibility index (Phi) is 5.07. The molecule has 1 fully saturated rings. The minimum Gasteiger partial charge on any atom is -0.389 e. The van der Waals surface area contributed by atoms with E-state index < -0.39 is 27.0 Å². The molecule has 0 bridgehead atoms. The molecule has 1 aromatic heterocycles. The van der Waals surface area contributed by atoms with E-state index in [-0.39, 0.29) is 6.42 Å². The summed E-state index contributed by atoms with van der Waals surface area (Å²) in [5.74, 6) is -0.118. The summed E-state index contributed by atoms with van der Waals surface area (Å²) in [4.78, 5) is 11.9. The van der Waals surface area contributed by atoms with Crippen LogP contribution in [0, 0.1) is 0 Å². The number of nitrogens with zero attached hydrogens (tertiary/aromatic N) is 2. The summed E-state index contributed by atoms with van der Waals surface area (Å²) in [6, 6.07) is 0. The number of aliphatic hydroxyl groups excluding tert-OH is 1. The SMILES string of the molecule is C[C@@](CCn1cc(C2CCCC2)cn1)(C(=O)CO)S(C)(=O)=O. The van der Waals surface area contributed by atoms with Gasteiger partial charge in [-0.2, -0.15) is 5.10 Å². The van der Waals surface area contributed by atoms with Crippen molar-refractivity contribution in [3.63, 3.8) is 0 Å². The molecular weight excluding hydrogens is 304 g/mol. The number of rotatable bonds is 7. The lowest BCUT2D eigenvalue weighted by molar-refractivity contribution is -0.124. The number of aryl methyl sites for hydroxylation is 1. The van der Waals surface area contributed by atoms with Crippen molar-refractivity contribution in [1.82, 2.24) is 9.78 Å². The van der Waals surface area contributed by atoms with Crippen LogP contribution < -0.4 is 0 Å². The predicted octanol–water partition coefficient (Wildman–Crippen LogP) is 1.30. The first-order valence-corrected chi connectivity index (χ1v) is 9.53. The van der Waals surface area contributed by atoms with Crippen molar-refractivity contribution in [1.29, 1.82) is 0 Å². The number of hydrogen-bond acceptors (Lipinski definition) is 5. The fraction of sp³-hybridized carbons (Fsp3) is 0.733. The van der Waals surface area contributed by atoms with Crippen molar-refractivity contribution >= 4 is 15.6 Å². The number of aromatic nitrogens is 2. The van der Waals surface area contributed by atoms with Gasteiger partial charge in [-0.25, -0.2) is 8.42 Å². The number of Topliss-reactive ketones (excluding diaryl/α,β-unsaturated/α-hetero) is 1. The molecule has 124 valence electrons. The highest BCUT2D eigenvalue weighted by molar-refractivity contribution is 7.92. The molecule has 1 aliphatic rings. The Hall–Kier alpha value is -1.21. The smallest absolute Gasteiger partial charge is 0.179 e. The van der Waals surface area contributed by atoms with Gasteiger partial charge in [0.1, 0.15) is 11.4 Å². The summed E-state index contributed by atoms with van der Waals surface area (Å²) >= 11 is 0. The van der Waals surface area contributed by atoms with Gasteiger partial charge in [0.05, 0.1) is 6.20 Å². The van der Waals surface area contributed by atoms with Gasteiger partial charge in [-0.05, 0) is 37.7 Å². The van der Waals surface area contributed by atoms with E-state index in [1.54, 1.807) is 4.68 Å². The molecule has 0 unspecified atom stereocenters. The molecule has 22 heavy (non-hydrogen) atoms. The van der Waals surface area contributed by atoms with Crippen LogP contribution in [-0.4, -0.2) is 46.7 Å². The molecular formula is C15H24N2O4S. The van der Waals surface area contributed by atoms with Gasteiger partial charge in [0, 0.05) is 19.0 Å². The normalized spacial score (nSPS) is 19.2. The third-order valence-electron chi connectivity index (χ3n) is 4.85. The predicted molar refractivity (Wildman–Crippen MR) is 83.4 cm³/mol. The third kappa shape index (κ3) is 3.41. The van der Waals surface area contributed by atoms with E-state index in [0.29, 0.717) is 12.5 Å². The van der Waals surface area contributed by atoms with E-state index in [0.717, 1.165) is 6.26 Å². The zero-order valence-electron chi connectivity index (χ0n) is 13.2. The monoisotopic (exact) mass is 328 g/mol. The fourth-order valence-corrected chi connectivity index (χ4v) is 3.94. The van der Waals surface area contributed by atoms with E-state index in [2.05, 4.69) is 5.10 Å². The summed E-state index contributed by atoms with van der Waals surface area (Å²) in [5.41, 5.74) is 1.19. The summed E-state index contributed by atoms with van der Waals surface area (Å²) in [6.45, 7) is 0.945. The molecule has 2 rings (SSSR count). The van der Waals surface area contributed by atoms with Crippen LogP contribution in [0.1, 0.15) is 50.5 Å². The van der Waals surface area contributed by atoms with Crippen molar-refractivity contribution in [2.24, 2.45) is 0 Å². The van der Waals surface area contributed by atoms with Gasteiger partial charge in [0.15, 0.2) is 15.6 Å². The van der Waals surface area contributed by atoms with Gasteiger partial charge in [0.25, 0.3) is 0 Å². The Morgan fingerprint density at radius 2 is 2.09 bits per heavy atom. The summed E-state index contributed by atoms with van der Waals surface area (Å²) in [7, 11) is -3.61. The highest BCUT2D eigenvalue weighted by atomic mass is 32.2. The summed E-state index contributed by atoms with van der Waals surface area (Å²) in [6.07, 6.45) is 9.76. The van der Waals surface area contributed by atoms with Crippen molar-refractivity contribution in [2.75, 3.05) is 12.9 Å². The molecule has 0 aromatic carbocycles. The second-order valence-electron chi connectivity index (χ2n) is 6.35. The van der Waals surface area contributed by atoms with Crippen LogP contribution in [-0.2, 0) is 21.2 Å². The van der Waals surface area contributed by atoms with Crippen LogP contribution in [0.2, 0.25) is 0 Å². The van der Waals surface area contributed by atoms with Crippen LogP contribution in [0.5, 0.6) is 0 Å². The topological polar surface area (TPSA) is 89.3 Å². The quantitative estimate of drug-likeness (QED) is 0.815. The summed E-state index contributed by atoms with van der Waals surface area (Å²) < 4.78 is 24.0. The number of hydrogen-bond donors (Lipinski definition) is 1. The first-order valence-electron chi connectivity index (χ1n) is 7.64. The molecule has 1 heterocycles. The number of sulfone groups is 1.